The zero-order valence-corrected chi connectivity index (χ0v) is 16.0. The summed E-state index contributed by atoms with van der Waals surface area (Å²) >= 11 is 0. The Morgan fingerprint density at radius 1 is 1.04 bits per heavy atom. The molecule has 0 fully saturated rings. The van der Waals surface area contributed by atoms with E-state index in [2.05, 4.69) is 25.2 Å². The van der Waals surface area contributed by atoms with E-state index in [1.807, 2.05) is 30.3 Å². The third-order valence-corrected chi connectivity index (χ3v) is 4.27. The summed E-state index contributed by atoms with van der Waals surface area (Å²) in [4.78, 5) is 12.4. The molecule has 0 atom stereocenters. The van der Waals surface area contributed by atoms with Gasteiger partial charge in [-0.15, -0.1) is 0 Å². The predicted molar refractivity (Wildman–Crippen MR) is 106 cm³/mol. The van der Waals surface area contributed by atoms with Crippen molar-refractivity contribution in [2.45, 2.75) is 39.5 Å². The summed E-state index contributed by atoms with van der Waals surface area (Å²) in [7, 11) is 0. The number of carbonyl (C=O) groups is 1. The molecular weight excluding hydrogens is 342 g/mol. The molecule has 0 aromatic heterocycles. The number of rotatable bonds is 9. The zero-order valence-electron chi connectivity index (χ0n) is 16.0. The first-order chi connectivity index (χ1) is 13.2. The van der Waals surface area contributed by atoms with E-state index in [0.29, 0.717) is 36.8 Å². The number of benzene rings is 2. The van der Waals surface area contributed by atoms with Gasteiger partial charge in [0.2, 0.25) is 5.91 Å². The van der Waals surface area contributed by atoms with Gasteiger partial charge >= 0.3 is 0 Å². The minimum atomic E-state index is -0.0578. The van der Waals surface area contributed by atoms with Crippen LogP contribution in [0.4, 0.5) is 5.69 Å². The fourth-order valence-electron chi connectivity index (χ4n) is 2.98. The van der Waals surface area contributed by atoms with E-state index in [0.717, 1.165) is 37.2 Å². The quantitative estimate of drug-likeness (QED) is 0.713. The summed E-state index contributed by atoms with van der Waals surface area (Å²) in [6, 6.07) is 11.5. The van der Waals surface area contributed by atoms with Gasteiger partial charge in [0.15, 0.2) is 11.5 Å². The Hall–Kier alpha value is -2.69. The summed E-state index contributed by atoms with van der Waals surface area (Å²) in [6.45, 7) is 6.08. The molecular formula is C22H27NO4. The lowest BCUT2D eigenvalue weighted by Crippen LogP contribution is -2.14. The van der Waals surface area contributed by atoms with Crippen molar-refractivity contribution < 1.29 is 19.0 Å². The van der Waals surface area contributed by atoms with Gasteiger partial charge in [0.1, 0.15) is 5.75 Å². The van der Waals surface area contributed by atoms with E-state index in [1.165, 1.54) is 5.56 Å². The second-order valence-electron chi connectivity index (χ2n) is 6.62. The molecule has 3 rings (SSSR count). The molecule has 1 aliphatic heterocycles. The Labute approximate surface area is 160 Å². The molecule has 5 heteroatoms. The van der Waals surface area contributed by atoms with Gasteiger partial charge in [0.05, 0.1) is 26.2 Å². The topological polar surface area (TPSA) is 56.8 Å². The Morgan fingerprint density at radius 2 is 1.81 bits per heavy atom. The summed E-state index contributed by atoms with van der Waals surface area (Å²) in [5, 5.41) is 2.95. The van der Waals surface area contributed by atoms with Crippen LogP contribution < -0.4 is 19.5 Å². The zero-order chi connectivity index (χ0) is 19.1. The molecule has 2 aromatic carbocycles. The van der Waals surface area contributed by atoms with Crippen LogP contribution in [0.5, 0.6) is 17.2 Å². The second-order valence-corrected chi connectivity index (χ2v) is 6.62. The van der Waals surface area contributed by atoms with Gasteiger partial charge < -0.3 is 19.5 Å². The van der Waals surface area contributed by atoms with Gasteiger partial charge in [0.25, 0.3) is 0 Å². The molecule has 1 N–H and O–H groups in total. The number of amides is 1. The smallest absolute Gasteiger partial charge is 0.228 e. The van der Waals surface area contributed by atoms with Crippen LogP contribution in [-0.2, 0) is 17.6 Å². The monoisotopic (exact) mass is 369 g/mol. The second kappa shape index (κ2) is 9.31. The predicted octanol–water partition coefficient (Wildman–Crippen LogP) is 4.38. The van der Waals surface area contributed by atoms with Crippen LogP contribution in [0.15, 0.2) is 36.4 Å². The van der Waals surface area contributed by atoms with Crippen molar-refractivity contribution in [2.75, 3.05) is 25.1 Å². The highest BCUT2D eigenvalue weighted by Gasteiger charge is 2.14. The van der Waals surface area contributed by atoms with E-state index >= 15 is 0 Å². The molecule has 0 saturated carbocycles. The van der Waals surface area contributed by atoms with Crippen molar-refractivity contribution in [3.8, 4) is 17.2 Å². The van der Waals surface area contributed by atoms with Crippen molar-refractivity contribution in [3.05, 3.63) is 47.5 Å². The van der Waals surface area contributed by atoms with Crippen LogP contribution in [0.3, 0.4) is 0 Å². The first-order valence-electron chi connectivity index (χ1n) is 9.63. The normalized spacial score (nSPS) is 12.2. The summed E-state index contributed by atoms with van der Waals surface area (Å²) in [5.41, 5.74) is 2.87. The fourth-order valence-corrected chi connectivity index (χ4v) is 2.98. The number of fused-ring (bicyclic) bond motifs is 1. The third-order valence-electron chi connectivity index (χ3n) is 4.27. The molecule has 27 heavy (non-hydrogen) atoms. The Bertz CT molecular complexity index is 788. The van der Waals surface area contributed by atoms with E-state index in [4.69, 9.17) is 14.2 Å². The molecule has 0 saturated heterocycles. The van der Waals surface area contributed by atoms with Gasteiger partial charge in [-0.05, 0) is 42.2 Å². The molecule has 0 aliphatic carbocycles. The van der Waals surface area contributed by atoms with E-state index < -0.39 is 0 Å². The SMILES string of the molecule is CCCOc1ccc(NC(=O)Cc2ccc3c(c2)CCO3)cc1OCCC. The van der Waals surface area contributed by atoms with Crippen LogP contribution in [0.25, 0.3) is 0 Å². The molecule has 0 spiro atoms. The first-order valence-corrected chi connectivity index (χ1v) is 9.63. The molecule has 1 amide bonds. The van der Waals surface area contributed by atoms with Crippen LogP contribution >= 0.6 is 0 Å². The van der Waals surface area contributed by atoms with Gasteiger partial charge in [0, 0.05) is 18.2 Å². The molecule has 0 radical (unpaired) electrons. The summed E-state index contributed by atoms with van der Waals surface area (Å²) in [5.74, 6) is 2.25. The standard InChI is InChI=1S/C22H27NO4/c1-3-10-25-20-8-6-18(15-21(20)26-11-4-2)23-22(24)14-16-5-7-19-17(13-16)9-12-27-19/h5-8,13,15H,3-4,9-12,14H2,1-2H3,(H,23,24). The molecule has 0 unspecified atom stereocenters. The molecule has 5 nitrogen and oxygen atoms in total. The fraction of sp³-hybridized carbons (Fsp3) is 0.409. The number of carbonyl (C=O) groups excluding carboxylic acids is 1. The third kappa shape index (κ3) is 5.16. The number of anilines is 1. The van der Waals surface area contributed by atoms with Crippen molar-refractivity contribution in [1.82, 2.24) is 0 Å². The highest BCUT2D eigenvalue weighted by atomic mass is 16.5. The first kappa shape index (κ1) is 19.1. The minimum Gasteiger partial charge on any atom is -0.493 e. The van der Waals surface area contributed by atoms with Crippen molar-refractivity contribution in [3.63, 3.8) is 0 Å². The molecule has 0 bridgehead atoms. The van der Waals surface area contributed by atoms with Gasteiger partial charge in [-0.3, -0.25) is 4.79 Å². The van der Waals surface area contributed by atoms with Crippen LogP contribution in [0.1, 0.15) is 37.8 Å². The lowest BCUT2D eigenvalue weighted by atomic mass is 10.1. The maximum Gasteiger partial charge on any atom is 0.228 e. The number of ether oxygens (including phenoxy) is 3. The molecule has 144 valence electrons. The Balaban J connectivity index is 1.65. The van der Waals surface area contributed by atoms with E-state index in [9.17, 15) is 4.79 Å². The minimum absolute atomic E-state index is 0.0578. The van der Waals surface area contributed by atoms with E-state index in [-0.39, 0.29) is 5.91 Å². The van der Waals surface area contributed by atoms with Crippen molar-refractivity contribution in [2.24, 2.45) is 0 Å². The number of hydrogen-bond donors (Lipinski definition) is 1. The van der Waals surface area contributed by atoms with Crippen LogP contribution in [-0.4, -0.2) is 25.7 Å². The summed E-state index contributed by atoms with van der Waals surface area (Å²) in [6.07, 6.45) is 3.07. The van der Waals surface area contributed by atoms with Crippen LogP contribution in [0.2, 0.25) is 0 Å². The van der Waals surface area contributed by atoms with Crippen molar-refractivity contribution in [1.29, 1.82) is 0 Å². The Kier molecular flexibility index (Phi) is 6.58. The van der Waals surface area contributed by atoms with Crippen LogP contribution in [0, 0.1) is 0 Å². The lowest BCUT2D eigenvalue weighted by molar-refractivity contribution is -0.115. The maximum absolute atomic E-state index is 12.4. The lowest BCUT2D eigenvalue weighted by Gasteiger charge is -2.14. The Morgan fingerprint density at radius 3 is 2.59 bits per heavy atom. The number of nitrogens with one attached hydrogen (secondary N) is 1. The maximum atomic E-state index is 12.4. The highest BCUT2D eigenvalue weighted by Crippen LogP contribution is 2.31. The highest BCUT2D eigenvalue weighted by molar-refractivity contribution is 5.92. The molecule has 1 heterocycles. The molecule has 1 aliphatic rings. The average Bonchev–Trinajstić information content (AvgIpc) is 3.13. The largest absolute Gasteiger partial charge is 0.493 e. The van der Waals surface area contributed by atoms with Gasteiger partial charge in [-0.1, -0.05) is 26.0 Å². The van der Waals surface area contributed by atoms with Crippen molar-refractivity contribution >= 4 is 11.6 Å². The number of hydrogen-bond acceptors (Lipinski definition) is 4. The van der Waals surface area contributed by atoms with Gasteiger partial charge in [-0.25, -0.2) is 0 Å². The summed E-state index contributed by atoms with van der Waals surface area (Å²) < 4.78 is 17.0. The van der Waals surface area contributed by atoms with Gasteiger partial charge in [-0.2, -0.15) is 0 Å². The van der Waals surface area contributed by atoms with E-state index in [1.54, 1.807) is 0 Å². The average molecular weight is 369 g/mol. The molecule has 2 aromatic rings.